The van der Waals surface area contributed by atoms with Crippen molar-refractivity contribution < 1.29 is 17.1 Å². The van der Waals surface area contributed by atoms with Gasteiger partial charge in [-0.1, -0.05) is 33.6 Å². The Balaban J connectivity index is 0. The van der Waals surface area contributed by atoms with Gasteiger partial charge in [0.1, 0.15) is 0 Å². The average Bonchev–Trinajstić information content (AvgIpc) is 2.00. The minimum absolute atomic E-state index is 0. The van der Waals surface area contributed by atoms with Crippen molar-refractivity contribution in [2.24, 2.45) is 0 Å². The Labute approximate surface area is 86.6 Å². The smallest absolute Gasteiger partial charge is 0.0441 e. The molecule has 0 N–H and O–H groups in total. The summed E-state index contributed by atoms with van der Waals surface area (Å²) in [4.78, 5) is 0.107. The quantitative estimate of drug-likeness (QED) is 0.484. The Morgan fingerprint density at radius 2 is 1.55 bits per heavy atom. The summed E-state index contributed by atoms with van der Waals surface area (Å²) in [5, 5.41) is 0. The summed E-state index contributed by atoms with van der Waals surface area (Å²) in [7, 11) is 0. The van der Waals surface area contributed by atoms with Gasteiger partial charge >= 0.3 is 0 Å². The number of rotatable bonds is 5. The van der Waals surface area contributed by atoms with E-state index >= 15 is 0 Å². The molecule has 0 aromatic carbocycles. The summed E-state index contributed by atoms with van der Waals surface area (Å²) in [6.07, 6.45) is 5.91. The SMILES string of the molecule is CCCCC(Cl)(CC)CC.[Fe]. The van der Waals surface area contributed by atoms with Crippen molar-refractivity contribution in [3.63, 3.8) is 0 Å². The minimum atomic E-state index is 0. The van der Waals surface area contributed by atoms with Crippen molar-refractivity contribution in [1.82, 2.24) is 0 Å². The molecule has 0 aliphatic rings. The number of unbranched alkanes of at least 4 members (excludes halogenated alkanes) is 1. The van der Waals surface area contributed by atoms with Crippen molar-refractivity contribution in [3.8, 4) is 0 Å². The van der Waals surface area contributed by atoms with E-state index in [0.717, 1.165) is 12.8 Å². The summed E-state index contributed by atoms with van der Waals surface area (Å²) in [5.74, 6) is 0. The molecule has 0 aromatic rings. The first-order valence-corrected chi connectivity index (χ1v) is 4.75. The van der Waals surface area contributed by atoms with E-state index < -0.39 is 0 Å². The van der Waals surface area contributed by atoms with Gasteiger partial charge in [0.25, 0.3) is 0 Å². The van der Waals surface area contributed by atoms with Gasteiger partial charge in [0, 0.05) is 21.9 Å². The Hall–Kier alpha value is 0.809. The molecule has 0 atom stereocenters. The van der Waals surface area contributed by atoms with E-state index in [0.29, 0.717) is 0 Å². The second-order valence-corrected chi connectivity index (χ2v) is 3.76. The van der Waals surface area contributed by atoms with E-state index in [1.165, 1.54) is 19.3 Å². The van der Waals surface area contributed by atoms with Crippen LogP contribution in [0.4, 0.5) is 0 Å². The normalized spacial score (nSPS) is 10.9. The monoisotopic (exact) mass is 218 g/mol. The molecule has 0 aromatic heterocycles. The first kappa shape index (κ1) is 14.3. The van der Waals surface area contributed by atoms with Gasteiger partial charge < -0.3 is 0 Å². The van der Waals surface area contributed by atoms with Gasteiger partial charge in [-0.15, -0.1) is 11.6 Å². The second-order valence-electron chi connectivity index (χ2n) is 2.96. The molecule has 0 heterocycles. The zero-order chi connectivity index (χ0) is 8.04. The number of hydrogen-bond donors (Lipinski definition) is 0. The van der Waals surface area contributed by atoms with Gasteiger partial charge in [0.05, 0.1) is 0 Å². The van der Waals surface area contributed by atoms with Crippen LogP contribution in [0.15, 0.2) is 0 Å². The molecule has 0 saturated heterocycles. The van der Waals surface area contributed by atoms with E-state index in [2.05, 4.69) is 20.8 Å². The number of halogens is 1. The molecule has 2 heteroatoms. The fraction of sp³-hybridized carbons (Fsp3) is 1.00. The van der Waals surface area contributed by atoms with Gasteiger partial charge in [0.2, 0.25) is 0 Å². The molecule has 0 radical (unpaired) electrons. The van der Waals surface area contributed by atoms with Gasteiger partial charge in [-0.25, -0.2) is 0 Å². The molecule has 0 unspecified atom stereocenters. The predicted molar refractivity (Wildman–Crippen MR) is 48.7 cm³/mol. The van der Waals surface area contributed by atoms with E-state index in [4.69, 9.17) is 11.6 Å². The Morgan fingerprint density at radius 3 is 1.82 bits per heavy atom. The van der Waals surface area contributed by atoms with Crippen molar-refractivity contribution in [3.05, 3.63) is 0 Å². The van der Waals surface area contributed by atoms with E-state index in [1.54, 1.807) is 0 Å². The van der Waals surface area contributed by atoms with Crippen LogP contribution in [0.2, 0.25) is 0 Å². The fourth-order valence-electron chi connectivity index (χ4n) is 1.10. The number of alkyl halides is 1. The van der Waals surface area contributed by atoms with Gasteiger partial charge in [-0.05, 0) is 19.3 Å². The first-order valence-electron chi connectivity index (χ1n) is 4.37. The molecule has 70 valence electrons. The Morgan fingerprint density at radius 1 is 1.09 bits per heavy atom. The molecule has 0 amide bonds. The summed E-state index contributed by atoms with van der Waals surface area (Å²) < 4.78 is 0. The van der Waals surface area contributed by atoms with Crippen LogP contribution < -0.4 is 0 Å². The van der Waals surface area contributed by atoms with Crippen LogP contribution in [-0.2, 0) is 17.1 Å². The molecule has 0 aliphatic carbocycles. The molecular weight excluding hydrogens is 199 g/mol. The third-order valence-electron chi connectivity index (χ3n) is 2.25. The summed E-state index contributed by atoms with van der Waals surface area (Å²) in [6.45, 7) is 6.56. The zero-order valence-corrected chi connectivity index (χ0v) is 9.63. The average molecular weight is 219 g/mol. The molecule has 0 rings (SSSR count). The van der Waals surface area contributed by atoms with Crippen LogP contribution in [0, 0.1) is 0 Å². The van der Waals surface area contributed by atoms with Crippen LogP contribution in [0.3, 0.4) is 0 Å². The molecule has 0 spiro atoms. The third-order valence-corrected chi connectivity index (χ3v) is 2.97. The molecule has 0 nitrogen and oxygen atoms in total. The van der Waals surface area contributed by atoms with Crippen LogP contribution >= 0.6 is 11.6 Å². The van der Waals surface area contributed by atoms with Gasteiger partial charge in [-0.2, -0.15) is 0 Å². The maximum Gasteiger partial charge on any atom is 0.0441 e. The van der Waals surface area contributed by atoms with Crippen LogP contribution in [-0.4, -0.2) is 4.87 Å². The molecule has 11 heavy (non-hydrogen) atoms. The maximum absolute atomic E-state index is 6.29. The molecule has 0 bridgehead atoms. The minimum Gasteiger partial charge on any atom is -0.119 e. The second kappa shape index (κ2) is 7.46. The van der Waals surface area contributed by atoms with Crippen LogP contribution in [0.25, 0.3) is 0 Å². The van der Waals surface area contributed by atoms with Crippen molar-refractivity contribution in [2.75, 3.05) is 0 Å². The number of hydrogen-bond acceptors (Lipinski definition) is 0. The predicted octanol–water partition coefficient (Wildman–Crippen LogP) is 3.97. The molecule has 0 saturated carbocycles. The third kappa shape index (κ3) is 6.02. The maximum atomic E-state index is 6.29. The van der Waals surface area contributed by atoms with Gasteiger partial charge in [-0.3, -0.25) is 0 Å². The standard InChI is InChI=1S/C9H19Cl.Fe/c1-4-7-8-9(10,5-2)6-3;/h4-8H2,1-3H3;. The van der Waals surface area contributed by atoms with Crippen LogP contribution in [0.1, 0.15) is 52.9 Å². The van der Waals surface area contributed by atoms with E-state index in [-0.39, 0.29) is 21.9 Å². The fourth-order valence-corrected chi connectivity index (χ4v) is 1.23. The van der Waals surface area contributed by atoms with Crippen molar-refractivity contribution >= 4 is 11.6 Å². The van der Waals surface area contributed by atoms with E-state index in [1.807, 2.05) is 0 Å². The van der Waals surface area contributed by atoms with Gasteiger partial charge in [0.15, 0.2) is 0 Å². The molecule has 0 fully saturated rings. The first-order chi connectivity index (χ1) is 4.68. The van der Waals surface area contributed by atoms with E-state index in [9.17, 15) is 0 Å². The summed E-state index contributed by atoms with van der Waals surface area (Å²) >= 11 is 6.29. The zero-order valence-electron chi connectivity index (χ0n) is 7.77. The molecular formula is C9H19ClFe. The largest absolute Gasteiger partial charge is 0.119 e. The topological polar surface area (TPSA) is 0 Å². The summed E-state index contributed by atoms with van der Waals surface area (Å²) in [5.41, 5.74) is 0. The summed E-state index contributed by atoms with van der Waals surface area (Å²) in [6, 6.07) is 0. The van der Waals surface area contributed by atoms with Crippen LogP contribution in [0.5, 0.6) is 0 Å². The Kier molecular flexibility index (Phi) is 9.72. The molecule has 0 aliphatic heterocycles. The Bertz CT molecular complexity index is 79.6. The van der Waals surface area contributed by atoms with Crippen molar-refractivity contribution in [1.29, 1.82) is 0 Å². The van der Waals surface area contributed by atoms with Crippen molar-refractivity contribution in [2.45, 2.75) is 57.7 Å².